The van der Waals surface area contributed by atoms with Crippen LogP contribution < -0.4 is 24.4 Å². The number of methoxy groups -OCH3 is 2. The summed E-state index contributed by atoms with van der Waals surface area (Å²) in [6.07, 6.45) is 1.41. The standard InChI is InChI=1S/C24H20Cl2N2O6/c1-31-19-5-3-4-6-20(19)33-14-23(29)28-27-13-15-7-10-21(22(11-15)32-2)34-24(30)17-9-8-16(25)12-18(17)26/h3-13H,14H2,1-2H3,(H,28,29). The second-order valence-corrected chi connectivity index (χ2v) is 7.50. The van der Waals surface area contributed by atoms with Crippen molar-refractivity contribution in [2.75, 3.05) is 20.8 Å². The number of nitrogens with one attached hydrogen (secondary N) is 1. The van der Waals surface area contributed by atoms with E-state index in [1.54, 1.807) is 36.4 Å². The molecule has 0 aromatic heterocycles. The van der Waals surface area contributed by atoms with Gasteiger partial charge in [-0.05, 0) is 54.1 Å². The second kappa shape index (κ2) is 11.9. The molecule has 3 rings (SSSR count). The molecule has 1 amide bonds. The number of ether oxygens (including phenoxy) is 4. The van der Waals surface area contributed by atoms with E-state index < -0.39 is 11.9 Å². The highest BCUT2D eigenvalue weighted by atomic mass is 35.5. The lowest BCUT2D eigenvalue weighted by Crippen LogP contribution is -2.24. The number of carbonyl (C=O) groups excluding carboxylic acids is 2. The van der Waals surface area contributed by atoms with Crippen LogP contribution in [0.25, 0.3) is 0 Å². The van der Waals surface area contributed by atoms with Gasteiger partial charge in [-0.1, -0.05) is 35.3 Å². The summed E-state index contributed by atoms with van der Waals surface area (Å²) < 4.78 is 21.3. The molecule has 0 fully saturated rings. The van der Waals surface area contributed by atoms with Gasteiger partial charge < -0.3 is 18.9 Å². The maximum absolute atomic E-state index is 12.5. The van der Waals surface area contributed by atoms with Crippen LogP contribution in [0.15, 0.2) is 65.8 Å². The van der Waals surface area contributed by atoms with E-state index in [1.165, 1.54) is 44.7 Å². The average molecular weight is 503 g/mol. The number of para-hydroxylation sites is 2. The number of hydrazone groups is 1. The van der Waals surface area contributed by atoms with Crippen LogP contribution in [0.3, 0.4) is 0 Å². The first-order valence-corrected chi connectivity index (χ1v) is 10.6. The van der Waals surface area contributed by atoms with Crippen molar-refractivity contribution in [3.63, 3.8) is 0 Å². The summed E-state index contributed by atoms with van der Waals surface area (Å²) in [7, 11) is 2.94. The average Bonchev–Trinajstić information content (AvgIpc) is 2.83. The summed E-state index contributed by atoms with van der Waals surface area (Å²) in [5, 5.41) is 4.48. The van der Waals surface area contributed by atoms with Crippen molar-refractivity contribution in [1.29, 1.82) is 0 Å². The quantitative estimate of drug-likeness (QED) is 0.196. The largest absolute Gasteiger partial charge is 0.493 e. The number of hydrogen-bond acceptors (Lipinski definition) is 7. The zero-order valence-electron chi connectivity index (χ0n) is 18.2. The topological polar surface area (TPSA) is 95.5 Å². The van der Waals surface area contributed by atoms with E-state index in [4.69, 9.17) is 42.1 Å². The number of nitrogens with zero attached hydrogens (tertiary/aromatic N) is 1. The van der Waals surface area contributed by atoms with Gasteiger partial charge in [-0.3, -0.25) is 4.79 Å². The van der Waals surface area contributed by atoms with Gasteiger partial charge in [0.15, 0.2) is 29.6 Å². The molecule has 34 heavy (non-hydrogen) atoms. The third kappa shape index (κ3) is 6.63. The molecule has 0 bridgehead atoms. The van der Waals surface area contributed by atoms with E-state index in [0.29, 0.717) is 22.1 Å². The molecule has 0 unspecified atom stereocenters. The van der Waals surface area contributed by atoms with Gasteiger partial charge in [-0.15, -0.1) is 0 Å². The Morgan fingerprint density at radius 1 is 0.912 bits per heavy atom. The molecule has 0 heterocycles. The first-order valence-electron chi connectivity index (χ1n) is 9.84. The van der Waals surface area contributed by atoms with Crippen molar-refractivity contribution in [1.82, 2.24) is 5.43 Å². The Morgan fingerprint density at radius 2 is 1.65 bits per heavy atom. The molecule has 0 aliphatic carbocycles. The molecule has 0 atom stereocenters. The number of halogens is 2. The van der Waals surface area contributed by atoms with Crippen LogP contribution in [0.4, 0.5) is 0 Å². The first kappa shape index (κ1) is 24.9. The predicted octanol–water partition coefficient (Wildman–Crippen LogP) is 4.76. The zero-order chi connectivity index (χ0) is 24.5. The van der Waals surface area contributed by atoms with Crippen molar-refractivity contribution < 1.29 is 28.5 Å². The third-order valence-corrected chi connectivity index (χ3v) is 4.92. The minimum absolute atomic E-state index is 0.164. The van der Waals surface area contributed by atoms with Crippen LogP contribution in [0.2, 0.25) is 10.0 Å². The first-order chi connectivity index (χ1) is 16.4. The number of benzene rings is 3. The Kier molecular flexibility index (Phi) is 8.73. The van der Waals surface area contributed by atoms with Gasteiger partial charge in [-0.2, -0.15) is 5.10 Å². The van der Waals surface area contributed by atoms with Crippen LogP contribution in [-0.2, 0) is 4.79 Å². The highest BCUT2D eigenvalue weighted by Gasteiger charge is 2.16. The SMILES string of the molecule is COc1ccccc1OCC(=O)NN=Cc1ccc(OC(=O)c2ccc(Cl)cc2Cl)c(OC)c1. The summed E-state index contributed by atoms with van der Waals surface area (Å²) in [6, 6.07) is 16.2. The maximum Gasteiger partial charge on any atom is 0.345 e. The van der Waals surface area contributed by atoms with E-state index in [-0.39, 0.29) is 28.7 Å². The summed E-state index contributed by atoms with van der Waals surface area (Å²) in [5.41, 5.74) is 3.12. The number of hydrogen-bond donors (Lipinski definition) is 1. The Hall–Kier alpha value is -3.75. The molecule has 3 aromatic carbocycles. The van der Waals surface area contributed by atoms with Gasteiger partial charge in [-0.25, -0.2) is 10.2 Å². The fourth-order valence-electron chi connectivity index (χ4n) is 2.75. The van der Waals surface area contributed by atoms with Crippen molar-refractivity contribution in [3.05, 3.63) is 81.8 Å². The Labute approximate surface area is 206 Å². The molecule has 10 heteroatoms. The van der Waals surface area contributed by atoms with Crippen molar-refractivity contribution in [2.24, 2.45) is 5.10 Å². The minimum atomic E-state index is -0.663. The van der Waals surface area contributed by atoms with Gasteiger partial charge in [0.2, 0.25) is 0 Å². The van der Waals surface area contributed by atoms with E-state index in [2.05, 4.69) is 10.5 Å². The van der Waals surface area contributed by atoms with Gasteiger partial charge in [0.05, 0.1) is 31.0 Å². The van der Waals surface area contributed by atoms with E-state index in [0.717, 1.165) is 0 Å². The van der Waals surface area contributed by atoms with Crippen molar-refractivity contribution in [2.45, 2.75) is 0 Å². The normalized spacial score (nSPS) is 10.6. The summed E-state index contributed by atoms with van der Waals surface area (Å²) in [5.74, 6) is 0.310. The Balaban J connectivity index is 1.59. The Morgan fingerprint density at radius 3 is 2.35 bits per heavy atom. The molecule has 0 aliphatic rings. The molecular weight excluding hydrogens is 483 g/mol. The monoisotopic (exact) mass is 502 g/mol. The summed E-state index contributed by atoms with van der Waals surface area (Å²) >= 11 is 11.9. The van der Waals surface area contributed by atoms with Crippen LogP contribution in [0, 0.1) is 0 Å². The fraction of sp³-hybridized carbons (Fsp3) is 0.125. The zero-order valence-corrected chi connectivity index (χ0v) is 19.7. The molecule has 0 saturated heterocycles. The van der Waals surface area contributed by atoms with Crippen LogP contribution in [0.5, 0.6) is 23.0 Å². The molecule has 0 radical (unpaired) electrons. The van der Waals surface area contributed by atoms with E-state index in [1.807, 2.05) is 0 Å². The van der Waals surface area contributed by atoms with E-state index in [9.17, 15) is 9.59 Å². The van der Waals surface area contributed by atoms with Crippen LogP contribution >= 0.6 is 23.2 Å². The summed E-state index contributed by atoms with van der Waals surface area (Å²) in [4.78, 5) is 24.4. The highest BCUT2D eigenvalue weighted by Crippen LogP contribution is 2.30. The molecule has 3 aromatic rings. The van der Waals surface area contributed by atoms with Gasteiger partial charge >= 0.3 is 5.97 Å². The highest BCUT2D eigenvalue weighted by molar-refractivity contribution is 6.36. The van der Waals surface area contributed by atoms with Crippen molar-refractivity contribution >= 4 is 41.3 Å². The lowest BCUT2D eigenvalue weighted by molar-refractivity contribution is -0.123. The van der Waals surface area contributed by atoms with Crippen LogP contribution in [-0.4, -0.2) is 38.9 Å². The Bertz CT molecular complexity index is 1220. The van der Waals surface area contributed by atoms with Gasteiger partial charge in [0.25, 0.3) is 5.91 Å². The number of rotatable bonds is 9. The smallest absolute Gasteiger partial charge is 0.345 e. The lowest BCUT2D eigenvalue weighted by Gasteiger charge is -2.11. The molecule has 0 saturated carbocycles. The minimum Gasteiger partial charge on any atom is -0.493 e. The fourth-order valence-corrected chi connectivity index (χ4v) is 3.24. The predicted molar refractivity (Wildman–Crippen MR) is 129 cm³/mol. The summed E-state index contributed by atoms with van der Waals surface area (Å²) in [6.45, 7) is -0.247. The number of carbonyl (C=O) groups is 2. The molecule has 176 valence electrons. The third-order valence-electron chi connectivity index (χ3n) is 4.37. The molecule has 0 aliphatic heterocycles. The van der Waals surface area contributed by atoms with E-state index >= 15 is 0 Å². The molecule has 0 spiro atoms. The number of amides is 1. The second-order valence-electron chi connectivity index (χ2n) is 6.66. The maximum atomic E-state index is 12.5. The van der Waals surface area contributed by atoms with Gasteiger partial charge in [0, 0.05) is 5.02 Å². The molecular formula is C24H20Cl2N2O6. The number of esters is 1. The molecule has 8 nitrogen and oxygen atoms in total. The van der Waals surface area contributed by atoms with Gasteiger partial charge in [0.1, 0.15) is 0 Å². The van der Waals surface area contributed by atoms with Crippen LogP contribution in [0.1, 0.15) is 15.9 Å². The van der Waals surface area contributed by atoms with Crippen molar-refractivity contribution in [3.8, 4) is 23.0 Å². The lowest BCUT2D eigenvalue weighted by atomic mass is 10.2. The molecule has 1 N–H and O–H groups in total.